The Morgan fingerprint density at radius 3 is 1.42 bits per heavy atom. The fourth-order valence-electron chi connectivity index (χ4n) is 1.43. The highest BCUT2D eigenvalue weighted by atomic mass is 14.0. The van der Waals surface area contributed by atoms with E-state index in [1.54, 1.807) is 0 Å². The molecule has 0 amide bonds. The van der Waals surface area contributed by atoms with Crippen LogP contribution in [0.5, 0.6) is 0 Å². The van der Waals surface area contributed by atoms with Crippen molar-refractivity contribution in [2.24, 2.45) is 17.8 Å². The van der Waals surface area contributed by atoms with E-state index in [0.717, 1.165) is 17.8 Å². The van der Waals surface area contributed by atoms with Crippen LogP contribution >= 0.6 is 0 Å². The van der Waals surface area contributed by atoms with Gasteiger partial charge < -0.3 is 0 Å². The smallest absolute Gasteiger partial charge is 0.0112 e. The van der Waals surface area contributed by atoms with Gasteiger partial charge in [0.25, 0.3) is 0 Å². The van der Waals surface area contributed by atoms with Gasteiger partial charge in [-0.25, -0.2) is 0 Å². The molecule has 2 aromatic rings. The molecule has 0 unspecified atom stereocenters. The second-order valence-electron chi connectivity index (χ2n) is 7.97. The highest BCUT2D eigenvalue weighted by molar-refractivity contribution is 5.90. The molecule has 0 spiro atoms. The van der Waals surface area contributed by atoms with Crippen molar-refractivity contribution < 1.29 is 0 Å². The Morgan fingerprint density at radius 2 is 1.00 bits per heavy atom. The van der Waals surface area contributed by atoms with Crippen LogP contribution in [0.4, 0.5) is 0 Å². The molecule has 0 bridgehead atoms. The Hall–Kier alpha value is -1.56. The predicted molar refractivity (Wildman–Crippen MR) is 116 cm³/mol. The summed E-state index contributed by atoms with van der Waals surface area (Å²) in [5.41, 5.74) is 1.20. The molecule has 136 valence electrons. The highest BCUT2D eigenvalue weighted by Gasteiger charge is 1.93. The summed E-state index contributed by atoms with van der Waals surface area (Å²) in [4.78, 5) is 0. The lowest BCUT2D eigenvalue weighted by atomic mass is 10.1. The average molecular weight is 329 g/mol. The monoisotopic (exact) mass is 328 g/mol. The zero-order valence-corrected chi connectivity index (χ0v) is 17.6. The summed E-state index contributed by atoms with van der Waals surface area (Å²) < 4.78 is 0. The van der Waals surface area contributed by atoms with Crippen LogP contribution in [0.2, 0.25) is 0 Å². The molecule has 0 aromatic heterocycles. The van der Waals surface area contributed by atoms with E-state index in [2.05, 4.69) is 111 Å². The molecule has 0 saturated carbocycles. The van der Waals surface area contributed by atoms with Crippen LogP contribution in [0.25, 0.3) is 16.8 Å². The summed E-state index contributed by atoms with van der Waals surface area (Å²) in [6.07, 6.45) is 1.89. The van der Waals surface area contributed by atoms with Crippen LogP contribution in [0.15, 0.2) is 49.0 Å². The maximum absolute atomic E-state index is 3.78. The van der Waals surface area contributed by atoms with Gasteiger partial charge in [-0.2, -0.15) is 0 Å². The van der Waals surface area contributed by atoms with Gasteiger partial charge in [-0.15, -0.1) is 0 Å². The molecule has 0 aliphatic carbocycles. The molecule has 2 rings (SSSR count). The Kier molecular flexibility index (Phi) is 15.4. The maximum atomic E-state index is 3.78. The number of benzene rings is 2. The standard InChI is InChI=1S/C12H10.3C4H10/c1-2-10-7-5-8-11-6-3-4-9-12(10)11;3*1-4(2)3/h2-9H,1H2;3*4H,1-3H3. The first-order valence-electron chi connectivity index (χ1n) is 9.21. The van der Waals surface area contributed by atoms with E-state index in [4.69, 9.17) is 0 Å². The molecule has 0 nitrogen and oxygen atoms in total. The van der Waals surface area contributed by atoms with Crippen molar-refractivity contribution in [3.05, 3.63) is 54.6 Å². The number of fused-ring (bicyclic) bond motifs is 1. The number of hydrogen-bond acceptors (Lipinski definition) is 0. The quantitative estimate of drug-likeness (QED) is 0.492. The first kappa shape index (κ1) is 24.7. The van der Waals surface area contributed by atoms with Crippen LogP contribution in [0.3, 0.4) is 0 Å². The van der Waals surface area contributed by atoms with Gasteiger partial charge in [0.15, 0.2) is 0 Å². The SMILES string of the molecule is C=Cc1cccc2ccccc12.CC(C)C.CC(C)C.CC(C)C. The molecular formula is C24H40. The minimum Gasteiger partial charge on any atom is -0.0984 e. The Bertz CT molecular complexity index is 505. The van der Waals surface area contributed by atoms with Gasteiger partial charge in [-0.3, -0.25) is 0 Å². The van der Waals surface area contributed by atoms with Crippen LogP contribution in [-0.4, -0.2) is 0 Å². The van der Waals surface area contributed by atoms with Gasteiger partial charge in [0.05, 0.1) is 0 Å². The van der Waals surface area contributed by atoms with E-state index >= 15 is 0 Å². The number of rotatable bonds is 1. The van der Waals surface area contributed by atoms with Crippen LogP contribution < -0.4 is 0 Å². The lowest BCUT2D eigenvalue weighted by Crippen LogP contribution is -1.75. The molecular weight excluding hydrogens is 288 g/mol. The van der Waals surface area contributed by atoms with Crippen molar-refractivity contribution in [1.82, 2.24) is 0 Å². The van der Waals surface area contributed by atoms with E-state index < -0.39 is 0 Å². The van der Waals surface area contributed by atoms with E-state index in [0.29, 0.717) is 0 Å². The molecule has 0 N–H and O–H groups in total. The van der Waals surface area contributed by atoms with E-state index in [9.17, 15) is 0 Å². The predicted octanol–water partition coefficient (Wildman–Crippen LogP) is 8.47. The summed E-state index contributed by atoms with van der Waals surface area (Å²) >= 11 is 0. The summed E-state index contributed by atoms with van der Waals surface area (Å²) in [5, 5.41) is 2.55. The van der Waals surface area contributed by atoms with Crippen LogP contribution in [0.1, 0.15) is 67.9 Å². The lowest BCUT2D eigenvalue weighted by molar-refractivity contribution is 0.736. The zero-order chi connectivity index (χ0) is 19.1. The minimum absolute atomic E-state index is 0.833. The second-order valence-corrected chi connectivity index (χ2v) is 7.97. The van der Waals surface area contributed by atoms with Gasteiger partial charge in [0.2, 0.25) is 0 Å². The van der Waals surface area contributed by atoms with Crippen molar-refractivity contribution in [2.45, 2.75) is 62.3 Å². The fourth-order valence-corrected chi connectivity index (χ4v) is 1.43. The van der Waals surface area contributed by atoms with E-state index in [1.807, 2.05) is 6.08 Å². The molecule has 0 fully saturated rings. The van der Waals surface area contributed by atoms with Gasteiger partial charge >= 0.3 is 0 Å². The average Bonchev–Trinajstić information content (AvgIpc) is 2.45. The van der Waals surface area contributed by atoms with Crippen molar-refractivity contribution in [3.63, 3.8) is 0 Å². The molecule has 0 saturated heterocycles. The van der Waals surface area contributed by atoms with Crippen molar-refractivity contribution >= 4 is 16.8 Å². The molecule has 0 radical (unpaired) electrons. The number of hydrogen-bond donors (Lipinski definition) is 0. The minimum atomic E-state index is 0.833. The van der Waals surface area contributed by atoms with Gasteiger partial charge in [-0.1, -0.05) is 117 Å². The maximum Gasteiger partial charge on any atom is -0.0112 e. The summed E-state index contributed by atoms with van der Waals surface area (Å²) in [5.74, 6) is 2.50. The Labute approximate surface area is 152 Å². The molecule has 2 aromatic carbocycles. The van der Waals surface area contributed by atoms with E-state index in [1.165, 1.54) is 16.3 Å². The third kappa shape index (κ3) is 16.8. The Balaban J connectivity index is 0. The second kappa shape index (κ2) is 15.0. The van der Waals surface area contributed by atoms with Crippen LogP contribution in [-0.2, 0) is 0 Å². The van der Waals surface area contributed by atoms with Gasteiger partial charge in [0, 0.05) is 0 Å². The molecule has 0 heterocycles. The first-order valence-corrected chi connectivity index (χ1v) is 9.21. The molecule has 0 aliphatic rings. The summed E-state index contributed by atoms with van der Waals surface area (Å²) in [7, 11) is 0. The molecule has 0 heteroatoms. The third-order valence-electron chi connectivity index (χ3n) is 2.04. The summed E-state index contributed by atoms with van der Waals surface area (Å²) in [6.45, 7) is 23.3. The largest absolute Gasteiger partial charge is 0.0984 e. The third-order valence-corrected chi connectivity index (χ3v) is 2.04. The fraction of sp³-hybridized carbons (Fsp3) is 0.500. The van der Waals surface area contributed by atoms with Crippen molar-refractivity contribution in [3.8, 4) is 0 Å². The first-order chi connectivity index (χ1) is 11.1. The van der Waals surface area contributed by atoms with Crippen LogP contribution in [0, 0.1) is 17.8 Å². The van der Waals surface area contributed by atoms with Gasteiger partial charge in [0.1, 0.15) is 0 Å². The normalized spacial score (nSPS) is 9.50. The molecule has 24 heavy (non-hydrogen) atoms. The van der Waals surface area contributed by atoms with Crippen molar-refractivity contribution in [2.75, 3.05) is 0 Å². The zero-order valence-electron chi connectivity index (χ0n) is 17.6. The Morgan fingerprint density at radius 1 is 0.625 bits per heavy atom. The van der Waals surface area contributed by atoms with E-state index in [-0.39, 0.29) is 0 Å². The van der Waals surface area contributed by atoms with Crippen molar-refractivity contribution in [1.29, 1.82) is 0 Å². The molecule has 0 atom stereocenters. The molecule has 0 aliphatic heterocycles. The highest BCUT2D eigenvalue weighted by Crippen LogP contribution is 2.18. The lowest BCUT2D eigenvalue weighted by Gasteiger charge is -1.99. The summed E-state index contributed by atoms with van der Waals surface area (Å²) in [6, 6.07) is 14.6. The van der Waals surface area contributed by atoms with Gasteiger partial charge in [-0.05, 0) is 34.1 Å². The topological polar surface area (TPSA) is 0 Å².